The summed E-state index contributed by atoms with van der Waals surface area (Å²) in [5.74, 6) is -1.78. The molecule has 1 unspecified atom stereocenters. The number of carboxylic acids is 1. The summed E-state index contributed by atoms with van der Waals surface area (Å²) in [6, 6.07) is 8.67. The van der Waals surface area contributed by atoms with Gasteiger partial charge in [0.2, 0.25) is 5.69 Å². The van der Waals surface area contributed by atoms with Gasteiger partial charge in [-0.05, 0) is 111 Å². The molecule has 1 atom stereocenters. The van der Waals surface area contributed by atoms with Crippen molar-refractivity contribution in [1.29, 1.82) is 0 Å². The molecule has 6 rings (SSSR count). The molecule has 0 amide bonds. The Balaban J connectivity index is 1.52. The first-order valence-corrected chi connectivity index (χ1v) is 28.2. The van der Waals surface area contributed by atoms with Gasteiger partial charge in [0.05, 0.1) is 41.7 Å². The van der Waals surface area contributed by atoms with Crippen molar-refractivity contribution >= 4 is 95.2 Å². The molecule has 0 saturated heterocycles. The van der Waals surface area contributed by atoms with E-state index in [0.717, 1.165) is 12.1 Å². The first-order chi connectivity index (χ1) is 31.8. The highest BCUT2D eigenvalue weighted by molar-refractivity contribution is 7.87. The van der Waals surface area contributed by atoms with Crippen LogP contribution in [-0.4, -0.2) is 119 Å². The van der Waals surface area contributed by atoms with E-state index in [9.17, 15) is 74.8 Å². The van der Waals surface area contributed by atoms with E-state index in [1.165, 1.54) is 25.3 Å². The lowest BCUT2D eigenvalue weighted by atomic mass is 9.75. The third-order valence-electron chi connectivity index (χ3n) is 12.4. The zero-order valence-corrected chi connectivity index (χ0v) is 41.5. The highest BCUT2D eigenvalue weighted by Gasteiger charge is 2.47. The first-order valence-electron chi connectivity index (χ1n) is 21.0. The molecule has 0 fully saturated rings. The van der Waals surface area contributed by atoms with Gasteiger partial charge in [-0.15, -0.1) is 0 Å². The lowest BCUT2D eigenvalue weighted by Crippen LogP contribution is -2.31. The highest BCUT2D eigenvalue weighted by Crippen LogP contribution is 2.54. The fraction of sp³-hybridized carbons (Fsp3) is 0.364. The number of carboxylic acid groups (broad SMARTS) is 1. The second-order valence-electron chi connectivity index (χ2n) is 17.3. The van der Waals surface area contributed by atoms with E-state index < -0.39 is 92.7 Å². The average molecular weight is 1050 g/mol. The van der Waals surface area contributed by atoms with Crippen LogP contribution in [0.15, 0.2) is 104 Å². The minimum atomic E-state index is -5.38. The van der Waals surface area contributed by atoms with E-state index in [1.807, 2.05) is 4.58 Å². The van der Waals surface area contributed by atoms with Gasteiger partial charge >= 0.3 is 5.97 Å². The number of fused-ring (bicyclic) bond motifs is 6. The van der Waals surface area contributed by atoms with Crippen molar-refractivity contribution in [3.8, 4) is 0 Å². The summed E-state index contributed by atoms with van der Waals surface area (Å²) >= 11 is 0. The molecule has 374 valence electrons. The van der Waals surface area contributed by atoms with Crippen LogP contribution in [0.2, 0.25) is 0 Å². The number of benzene rings is 4. The molecule has 2 aliphatic rings. The number of methoxy groups -OCH3 is 1. The molecule has 4 aromatic carbocycles. The second kappa shape index (κ2) is 19.3. The maximum atomic E-state index is 12.5. The Morgan fingerprint density at radius 1 is 0.696 bits per heavy atom. The maximum absolute atomic E-state index is 12.5. The largest absolute Gasteiger partial charge is 0.748 e. The van der Waals surface area contributed by atoms with Crippen molar-refractivity contribution in [2.75, 3.05) is 37.5 Å². The monoisotopic (exact) mass is 1050 g/mol. The SMILES string of the molecule is COCCN1/C(=C/C=C/C=C/C2=[N+](CCCCCC(=O)O)c3ccc4c(S(=O)(=O)[O-])cc(S(=O)(=O)[O-])cc4c3C2(C)C)C(C)(CCCS(=O)(=O)[O-])c2c1ccc1c(S(=O)(=O)[O-])cc(S(=O)(=O)[O-])cc21. The zero-order chi connectivity index (χ0) is 51.3. The van der Waals surface area contributed by atoms with Crippen molar-refractivity contribution < 1.29 is 84.1 Å². The van der Waals surface area contributed by atoms with Crippen LogP contribution < -0.4 is 4.90 Å². The smallest absolute Gasteiger partial charge is 0.303 e. The van der Waals surface area contributed by atoms with Crippen LogP contribution in [0.25, 0.3) is 21.5 Å². The summed E-state index contributed by atoms with van der Waals surface area (Å²) in [6.45, 7) is 5.69. The van der Waals surface area contributed by atoms with Crippen LogP contribution in [0, 0.1) is 0 Å². The molecule has 0 saturated carbocycles. The number of carbonyl (C=O) groups is 1. The summed E-state index contributed by atoms with van der Waals surface area (Å²) in [5.41, 5.74) is 0.0727. The second-order valence-corrected chi connectivity index (χ2v) is 24.3. The molecule has 20 nitrogen and oxygen atoms in total. The number of anilines is 1. The molecule has 0 aliphatic carbocycles. The number of unbranched alkanes of at least 4 members (excludes halogenated alkanes) is 2. The zero-order valence-electron chi connectivity index (χ0n) is 37.4. The van der Waals surface area contributed by atoms with Crippen molar-refractivity contribution in [3.63, 3.8) is 0 Å². The predicted octanol–water partition coefficient (Wildman–Crippen LogP) is 4.38. The third-order valence-corrected chi connectivity index (χ3v) is 16.5. The fourth-order valence-electron chi connectivity index (χ4n) is 9.44. The molecule has 0 aromatic heterocycles. The molecule has 4 aromatic rings. The lowest BCUT2D eigenvalue weighted by molar-refractivity contribution is -0.438. The van der Waals surface area contributed by atoms with E-state index >= 15 is 0 Å². The van der Waals surface area contributed by atoms with Crippen LogP contribution in [0.3, 0.4) is 0 Å². The van der Waals surface area contributed by atoms with Crippen molar-refractivity contribution in [2.24, 2.45) is 0 Å². The minimum absolute atomic E-state index is 0.0249. The van der Waals surface area contributed by atoms with E-state index in [2.05, 4.69) is 0 Å². The number of nitrogens with zero attached hydrogens (tertiary/aromatic N) is 2. The normalized spacial score (nSPS) is 18.4. The average Bonchev–Trinajstić information content (AvgIpc) is 3.58. The topological polar surface area (TPSA) is 339 Å². The first kappa shape index (κ1) is 53.4. The van der Waals surface area contributed by atoms with Crippen LogP contribution in [-0.2, 0) is 71.0 Å². The van der Waals surface area contributed by atoms with Gasteiger partial charge in [0.15, 0.2) is 5.71 Å². The van der Waals surface area contributed by atoms with Crippen LogP contribution >= 0.6 is 0 Å². The van der Waals surface area contributed by atoms with Gasteiger partial charge in [0, 0.05) is 72.1 Å². The summed E-state index contributed by atoms with van der Waals surface area (Å²) in [7, 11) is -24.6. The summed E-state index contributed by atoms with van der Waals surface area (Å²) in [5, 5.41) is 8.78. The summed E-state index contributed by atoms with van der Waals surface area (Å²) in [6.07, 6.45) is 9.11. The summed E-state index contributed by atoms with van der Waals surface area (Å²) < 4.78 is 191. The quantitative estimate of drug-likeness (QED) is 0.0555. The molecule has 0 radical (unpaired) electrons. The molecular weight excluding hydrogens is 1000 g/mol. The standard InChI is InChI=1S/C44H50N2O18S5/c1-43(2)38(45(20-10-6-9-14-40(47)48)34-17-15-30-32(41(34)43)24-28(66(52,53)54)26-36(30)68(58,59)60)12-7-5-8-13-39-44(3,19-11-23-65(49,50)51)42-33-25-29(67(55,56)57)27-37(69(61,62)63)31(33)16-18-35(42)46(39)21-22-64-4/h5,7-8,12-13,15-18,24-27H,6,9-11,14,19-23H2,1-4H3,(H5-,47,48,49,50,51,52,53,54,55,56,57,58,59,60,61,62,63)/p-4. The van der Waals surface area contributed by atoms with Gasteiger partial charge in [0.1, 0.15) is 47.0 Å². The Bertz CT molecular complexity index is 3490. The summed E-state index contributed by atoms with van der Waals surface area (Å²) in [4.78, 5) is 9.15. The molecule has 2 heterocycles. The highest BCUT2D eigenvalue weighted by atomic mass is 32.2. The fourth-order valence-corrected chi connectivity index (χ4v) is 12.6. The number of hydrogen-bond acceptors (Lipinski definition) is 18. The Kier molecular flexibility index (Phi) is 15.0. The molecule has 0 spiro atoms. The van der Waals surface area contributed by atoms with Crippen LogP contribution in [0.5, 0.6) is 0 Å². The van der Waals surface area contributed by atoms with Gasteiger partial charge in [-0.3, -0.25) is 4.79 Å². The number of hydrogen-bond donors (Lipinski definition) is 1. The van der Waals surface area contributed by atoms with E-state index in [-0.39, 0.29) is 59.5 Å². The number of aliphatic carboxylic acids is 1. The Morgan fingerprint density at radius 3 is 1.78 bits per heavy atom. The van der Waals surface area contributed by atoms with Gasteiger partial charge in [-0.2, -0.15) is 4.58 Å². The van der Waals surface area contributed by atoms with Crippen LogP contribution in [0.4, 0.5) is 11.4 Å². The van der Waals surface area contributed by atoms with E-state index in [0.29, 0.717) is 66.3 Å². The molecule has 2 aliphatic heterocycles. The van der Waals surface area contributed by atoms with Crippen LogP contribution in [0.1, 0.15) is 70.4 Å². The van der Waals surface area contributed by atoms with E-state index in [1.54, 1.807) is 62.1 Å². The van der Waals surface area contributed by atoms with Gasteiger partial charge in [-0.1, -0.05) is 24.3 Å². The van der Waals surface area contributed by atoms with Crippen molar-refractivity contribution in [2.45, 2.75) is 89.7 Å². The number of rotatable bonds is 20. The molecule has 69 heavy (non-hydrogen) atoms. The Morgan fingerprint density at radius 2 is 1.26 bits per heavy atom. The number of allylic oxidation sites excluding steroid dienone is 6. The van der Waals surface area contributed by atoms with Gasteiger partial charge in [-0.25, -0.2) is 42.1 Å². The van der Waals surface area contributed by atoms with Gasteiger partial charge < -0.3 is 37.5 Å². The molecule has 25 heteroatoms. The Labute approximate surface area is 400 Å². The Hall–Kier alpha value is -4.93. The minimum Gasteiger partial charge on any atom is -0.748 e. The predicted molar refractivity (Wildman–Crippen MR) is 245 cm³/mol. The molecule has 1 N–H and O–H groups in total. The number of ether oxygens (including phenoxy) is 1. The van der Waals surface area contributed by atoms with Crippen molar-refractivity contribution in [1.82, 2.24) is 0 Å². The molecule has 0 bridgehead atoms. The third kappa shape index (κ3) is 11.2. The van der Waals surface area contributed by atoms with E-state index in [4.69, 9.17) is 4.74 Å². The van der Waals surface area contributed by atoms with Gasteiger partial charge in [0.25, 0.3) is 0 Å². The maximum Gasteiger partial charge on any atom is 0.303 e. The van der Waals surface area contributed by atoms with Crippen molar-refractivity contribution in [3.05, 3.63) is 95.7 Å². The molecular formula is C44H46N2O18S5-4. The lowest BCUT2D eigenvalue weighted by Gasteiger charge is -2.31.